The van der Waals surface area contributed by atoms with Crippen LogP contribution in [-0.2, 0) is 13.5 Å². The lowest BCUT2D eigenvalue weighted by atomic mass is 10.1. The molecule has 0 amide bonds. The van der Waals surface area contributed by atoms with Crippen LogP contribution in [0.4, 0.5) is 0 Å². The summed E-state index contributed by atoms with van der Waals surface area (Å²) >= 11 is 1.77. The van der Waals surface area contributed by atoms with Gasteiger partial charge < -0.3 is 4.90 Å². The van der Waals surface area contributed by atoms with Crippen molar-refractivity contribution in [2.75, 3.05) is 20.1 Å². The molecule has 1 aliphatic heterocycles. The van der Waals surface area contributed by atoms with Gasteiger partial charge in [-0.3, -0.25) is 9.48 Å². The van der Waals surface area contributed by atoms with E-state index in [9.17, 15) is 4.79 Å². The second kappa shape index (κ2) is 9.36. The molecule has 0 bridgehead atoms. The first-order valence-corrected chi connectivity index (χ1v) is 11.9. The highest BCUT2D eigenvalue weighted by Gasteiger charge is 2.19. The van der Waals surface area contributed by atoms with Crippen LogP contribution in [-0.4, -0.2) is 66.0 Å². The Hall–Kier alpha value is -3.17. The molecule has 33 heavy (non-hydrogen) atoms. The molecule has 0 unspecified atom stereocenters. The average molecular weight is 460 g/mol. The topological polar surface area (TPSA) is 89.7 Å². The van der Waals surface area contributed by atoms with Crippen molar-refractivity contribution in [1.82, 2.24) is 34.8 Å². The molecular weight excluding hydrogens is 434 g/mol. The lowest BCUT2D eigenvalue weighted by Crippen LogP contribution is -2.31. The number of thioether (sulfide) groups is 1. The van der Waals surface area contributed by atoms with E-state index in [0.29, 0.717) is 16.6 Å². The van der Waals surface area contributed by atoms with Gasteiger partial charge in [-0.1, -0.05) is 17.3 Å². The monoisotopic (exact) mass is 459 g/mol. The predicted molar refractivity (Wildman–Crippen MR) is 128 cm³/mol. The van der Waals surface area contributed by atoms with Crippen LogP contribution in [0.15, 0.2) is 53.9 Å². The van der Waals surface area contributed by atoms with Gasteiger partial charge in [0, 0.05) is 41.2 Å². The number of benzene rings is 1. The number of Topliss-reactive ketones (excluding diaryl/α,β-unsaturated/α-hetero) is 1. The van der Waals surface area contributed by atoms with Gasteiger partial charge in [0.1, 0.15) is 11.5 Å². The standard InChI is InChI=1S/C24H25N7OS/c1-30-9-6-19(7-10-30)33-24-12-17(5-8-25-24)22(32)13-23-26-14-18-4-3-16(11-20(18)27-23)21-15-31(2)29-28-21/h3-5,8,11-12,14-15,19H,6-7,9-10,13H2,1-2H3. The van der Waals surface area contributed by atoms with Crippen molar-refractivity contribution >= 4 is 28.4 Å². The molecule has 3 aromatic heterocycles. The third-order valence-corrected chi connectivity index (χ3v) is 7.13. The van der Waals surface area contributed by atoms with Crippen LogP contribution in [0.5, 0.6) is 0 Å². The number of nitrogens with zero attached hydrogens (tertiary/aromatic N) is 7. The lowest BCUT2D eigenvalue weighted by molar-refractivity contribution is 0.0990. The summed E-state index contributed by atoms with van der Waals surface area (Å²) in [6, 6.07) is 9.56. The number of likely N-dealkylation sites (tertiary alicyclic amines) is 1. The van der Waals surface area contributed by atoms with Gasteiger partial charge in [-0.2, -0.15) is 0 Å². The molecule has 1 saturated heterocycles. The molecule has 0 N–H and O–H groups in total. The summed E-state index contributed by atoms with van der Waals surface area (Å²) in [6.45, 7) is 2.21. The molecule has 1 aliphatic rings. The molecule has 5 rings (SSSR count). The van der Waals surface area contributed by atoms with Gasteiger partial charge in [0.15, 0.2) is 5.78 Å². The number of piperidine rings is 1. The molecule has 0 spiro atoms. The number of ketones is 1. The molecule has 0 radical (unpaired) electrons. The number of aromatic nitrogens is 6. The maximum atomic E-state index is 13.0. The Kier molecular flexibility index (Phi) is 6.15. The molecule has 8 nitrogen and oxygen atoms in total. The summed E-state index contributed by atoms with van der Waals surface area (Å²) < 4.78 is 1.66. The van der Waals surface area contributed by atoms with Crippen molar-refractivity contribution in [3.8, 4) is 11.3 Å². The van der Waals surface area contributed by atoms with Gasteiger partial charge in [-0.25, -0.2) is 15.0 Å². The SMILES string of the molecule is CN1CCC(Sc2cc(C(=O)Cc3ncc4ccc(-c5cn(C)nn5)cc4n3)ccn2)CC1. The van der Waals surface area contributed by atoms with E-state index >= 15 is 0 Å². The molecule has 1 fully saturated rings. The van der Waals surface area contributed by atoms with Crippen LogP contribution < -0.4 is 0 Å². The number of fused-ring (bicyclic) bond motifs is 1. The van der Waals surface area contributed by atoms with Gasteiger partial charge in [0.25, 0.3) is 0 Å². The fourth-order valence-electron chi connectivity index (χ4n) is 3.95. The number of hydrogen-bond donors (Lipinski definition) is 0. The maximum absolute atomic E-state index is 13.0. The highest BCUT2D eigenvalue weighted by Crippen LogP contribution is 2.29. The summed E-state index contributed by atoms with van der Waals surface area (Å²) in [5.41, 5.74) is 3.14. The van der Waals surface area contributed by atoms with Gasteiger partial charge in [0.05, 0.1) is 23.2 Å². The molecule has 0 aliphatic carbocycles. The number of carbonyl (C=O) groups excluding carboxylic acids is 1. The predicted octanol–water partition coefficient (Wildman–Crippen LogP) is 3.43. The Balaban J connectivity index is 1.31. The largest absolute Gasteiger partial charge is 0.306 e. The smallest absolute Gasteiger partial charge is 0.170 e. The van der Waals surface area contributed by atoms with Crippen LogP contribution in [0.25, 0.3) is 22.2 Å². The number of hydrogen-bond acceptors (Lipinski definition) is 8. The highest BCUT2D eigenvalue weighted by molar-refractivity contribution is 7.99. The molecule has 1 aromatic carbocycles. The third kappa shape index (κ3) is 5.09. The van der Waals surface area contributed by atoms with Gasteiger partial charge >= 0.3 is 0 Å². The Labute approximate surface area is 196 Å². The maximum Gasteiger partial charge on any atom is 0.170 e. The fourth-order valence-corrected chi connectivity index (χ4v) is 5.06. The van der Waals surface area contributed by atoms with Crippen LogP contribution in [0.3, 0.4) is 0 Å². The number of rotatable bonds is 6. The minimum absolute atomic E-state index is 0.00735. The van der Waals surface area contributed by atoms with Crippen molar-refractivity contribution in [3.63, 3.8) is 0 Å². The summed E-state index contributed by atoms with van der Waals surface area (Å²) in [4.78, 5) is 28.9. The van der Waals surface area contributed by atoms with Gasteiger partial charge in [0.2, 0.25) is 0 Å². The minimum Gasteiger partial charge on any atom is -0.306 e. The van der Waals surface area contributed by atoms with Gasteiger partial charge in [-0.15, -0.1) is 16.9 Å². The molecule has 4 heterocycles. The molecule has 4 aromatic rings. The van der Waals surface area contributed by atoms with Gasteiger partial charge in [-0.05, 0) is 51.2 Å². The van der Waals surface area contributed by atoms with Crippen LogP contribution in [0.2, 0.25) is 0 Å². The Morgan fingerprint density at radius 3 is 2.76 bits per heavy atom. The van der Waals surface area contributed by atoms with E-state index in [1.807, 2.05) is 37.5 Å². The zero-order chi connectivity index (χ0) is 22.8. The quantitative estimate of drug-likeness (QED) is 0.405. The van der Waals surface area contributed by atoms with Crippen molar-refractivity contribution in [1.29, 1.82) is 0 Å². The first kappa shape index (κ1) is 21.7. The second-order valence-electron chi connectivity index (χ2n) is 8.44. The summed E-state index contributed by atoms with van der Waals surface area (Å²) in [5.74, 6) is 0.497. The van der Waals surface area contributed by atoms with Crippen molar-refractivity contribution in [2.45, 2.75) is 29.5 Å². The van der Waals surface area contributed by atoms with E-state index < -0.39 is 0 Å². The molecule has 0 atom stereocenters. The van der Waals surface area contributed by atoms with Crippen LogP contribution >= 0.6 is 11.8 Å². The first-order valence-electron chi connectivity index (χ1n) is 11.0. The Bertz CT molecular complexity index is 1300. The van der Waals surface area contributed by atoms with E-state index in [1.54, 1.807) is 34.9 Å². The summed E-state index contributed by atoms with van der Waals surface area (Å²) in [6.07, 6.45) is 7.77. The number of carbonyl (C=O) groups is 1. The van der Waals surface area contributed by atoms with E-state index in [1.165, 1.54) is 0 Å². The highest BCUT2D eigenvalue weighted by atomic mass is 32.2. The fraction of sp³-hybridized carbons (Fsp3) is 0.333. The summed E-state index contributed by atoms with van der Waals surface area (Å²) in [5, 5.41) is 10.5. The van der Waals surface area contributed by atoms with Crippen LogP contribution in [0, 0.1) is 0 Å². The number of pyridine rings is 1. The minimum atomic E-state index is -0.00735. The normalized spacial score (nSPS) is 15.2. The number of aryl methyl sites for hydroxylation is 1. The first-order chi connectivity index (χ1) is 16.0. The summed E-state index contributed by atoms with van der Waals surface area (Å²) in [7, 11) is 3.99. The van der Waals surface area contributed by atoms with Crippen molar-refractivity contribution < 1.29 is 4.79 Å². The van der Waals surface area contributed by atoms with Crippen LogP contribution in [0.1, 0.15) is 29.0 Å². The second-order valence-corrected chi connectivity index (χ2v) is 9.76. The van der Waals surface area contributed by atoms with Crippen molar-refractivity contribution in [3.05, 3.63) is 60.3 Å². The Morgan fingerprint density at radius 2 is 1.97 bits per heavy atom. The van der Waals surface area contributed by atoms with E-state index in [0.717, 1.165) is 53.1 Å². The lowest BCUT2D eigenvalue weighted by Gasteiger charge is -2.28. The third-order valence-electron chi connectivity index (χ3n) is 5.86. The van der Waals surface area contributed by atoms with Crippen molar-refractivity contribution in [2.24, 2.45) is 7.05 Å². The average Bonchev–Trinajstić information content (AvgIpc) is 3.26. The molecular formula is C24H25N7OS. The molecule has 0 saturated carbocycles. The molecule has 168 valence electrons. The zero-order valence-corrected chi connectivity index (χ0v) is 19.5. The Morgan fingerprint density at radius 1 is 1.12 bits per heavy atom. The molecule has 9 heteroatoms. The zero-order valence-electron chi connectivity index (χ0n) is 18.7. The van der Waals surface area contributed by atoms with E-state index in [-0.39, 0.29) is 12.2 Å². The van der Waals surface area contributed by atoms with E-state index in [2.05, 4.69) is 37.2 Å². The van der Waals surface area contributed by atoms with E-state index in [4.69, 9.17) is 0 Å².